The molecular formula is C26H21N3O3S. The first-order valence-corrected chi connectivity index (χ1v) is 11.4. The van der Waals surface area contributed by atoms with Crippen LogP contribution in [0.25, 0.3) is 22.0 Å². The number of benzene rings is 2. The molecule has 33 heavy (non-hydrogen) atoms. The fraction of sp³-hybridized carbons (Fsp3) is 0.115. The number of aryl methyl sites for hydroxylation is 1. The molecule has 0 aliphatic carbocycles. The van der Waals surface area contributed by atoms with E-state index in [-0.39, 0.29) is 0 Å². The van der Waals surface area contributed by atoms with Gasteiger partial charge in [-0.2, -0.15) is 5.10 Å². The molecule has 0 aliphatic heterocycles. The van der Waals surface area contributed by atoms with Crippen LogP contribution in [0.4, 0.5) is 0 Å². The van der Waals surface area contributed by atoms with Gasteiger partial charge < -0.3 is 9.15 Å². The zero-order valence-electron chi connectivity index (χ0n) is 18.0. The molecule has 0 radical (unpaired) electrons. The fourth-order valence-electron chi connectivity index (χ4n) is 3.50. The molecule has 0 saturated heterocycles. The molecule has 0 saturated carbocycles. The second kappa shape index (κ2) is 9.26. The molecule has 5 rings (SSSR count). The average molecular weight is 456 g/mol. The number of aldehydes is 1. The molecule has 0 unspecified atom stereocenters. The number of hydrogen-bond donors (Lipinski definition) is 0. The van der Waals surface area contributed by atoms with E-state index in [9.17, 15) is 4.79 Å². The van der Waals surface area contributed by atoms with Crippen molar-refractivity contribution in [3.8, 4) is 27.8 Å². The number of rotatable bonds is 8. The van der Waals surface area contributed by atoms with Crippen molar-refractivity contribution in [3.05, 3.63) is 101 Å². The number of carbonyl (C=O) groups excluding carboxylic acids is 1. The first-order valence-electron chi connectivity index (χ1n) is 10.5. The Hall–Kier alpha value is -3.97. The van der Waals surface area contributed by atoms with Gasteiger partial charge in [-0.1, -0.05) is 36.4 Å². The Bertz CT molecular complexity index is 1350. The summed E-state index contributed by atoms with van der Waals surface area (Å²) in [6.07, 6.45) is 2.63. The smallest absolute Gasteiger partial charge is 0.226 e. The zero-order chi connectivity index (χ0) is 22.6. The van der Waals surface area contributed by atoms with Crippen molar-refractivity contribution < 1.29 is 13.9 Å². The molecule has 6 nitrogen and oxygen atoms in total. The summed E-state index contributed by atoms with van der Waals surface area (Å²) in [7, 11) is 0. The molecule has 3 aromatic heterocycles. The lowest BCUT2D eigenvalue weighted by Gasteiger charge is -2.06. The lowest BCUT2D eigenvalue weighted by Crippen LogP contribution is -2.01. The lowest BCUT2D eigenvalue weighted by atomic mass is 10.2. The highest BCUT2D eigenvalue weighted by Crippen LogP contribution is 2.26. The van der Waals surface area contributed by atoms with Crippen LogP contribution in [-0.2, 0) is 13.2 Å². The van der Waals surface area contributed by atoms with Gasteiger partial charge in [0, 0.05) is 11.8 Å². The van der Waals surface area contributed by atoms with Crippen LogP contribution < -0.4 is 4.74 Å². The van der Waals surface area contributed by atoms with Crippen LogP contribution in [0, 0.1) is 6.92 Å². The van der Waals surface area contributed by atoms with Gasteiger partial charge in [-0.15, -0.1) is 11.3 Å². The lowest BCUT2D eigenvalue weighted by molar-refractivity contribution is 0.112. The van der Waals surface area contributed by atoms with Crippen molar-refractivity contribution in [2.24, 2.45) is 0 Å². The molecular weight excluding hydrogens is 434 g/mol. The number of oxazole rings is 1. The Morgan fingerprint density at radius 3 is 2.61 bits per heavy atom. The van der Waals surface area contributed by atoms with Crippen molar-refractivity contribution in [2.45, 2.75) is 20.1 Å². The standard InChI is InChI=1S/C26H21N3O3S/c1-18-23(27-26(32-18)20-6-3-2-4-7-20)17-31-22-11-9-19(10-12-22)14-29-15-21(16-30)25(28-29)24-8-5-13-33-24/h2-13,15-16H,14,17H2,1H3. The second-order valence-corrected chi connectivity index (χ2v) is 8.49. The predicted molar refractivity (Wildman–Crippen MR) is 127 cm³/mol. The van der Waals surface area contributed by atoms with E-state index in [1.807, 2.05) is 79.0 Å². The molecule has 0 amide bonds. The predicted octanol–water partition coefficient (Wildman–Crippen LogP) is 6.01. The summed E-state index contributed by atoms with van der Waals surface area (Å²) in [6, 6.07) is 21.6. The van der Waals surface area contributed by atoms with Gasteiger partial charge in [0.25, 0.3) is 0 Å². The van der Waals surface area contributed by atoms with E-state index in [4.69, 9.17) is 9.15 Å². The third-order valence-electron chi connectivity index (χ3n) is 5.23. The van der Waals surface area contributed by atoms with E-state index in [0.29, 0.717) is 24.6 Å². The molecule has 7 heteroatoms. The topological polar surface area (TPSA) is 70.2 Å². The minimum atomic E-state index is 0.327. The summed E-state index contributed by atoms with van der Waals surface area (Å²) >= 11 is 1.57. The second-order valence-electron chi connectivity index (χ2n) is 7.55. The van der Waals surface area contributed by atoms with Crippen LogP contribution in [0.15, 0.2) is 82.7 Å². The third-order valence-corrected chi connectivity index (χ3v) is 6.10. The molecule has 0 atom stereocenters. The number of aromatic nitrogens is 3. The first kappa shape index (κ1) is 20.9. The highest BCUT2D eigenvalue weighted by Gasteiger charge is 2.13. The van der Waals surface area contributed by atoms with Crippen molar-refractivity contribution >= 4 is 17.6 Å². The summed E-state index contributed by atoms with van der Waals surface area (Å²) in [4.78, 5) is 17.0. The van der Waals surface area contributed by atoms with Crippen LogP contribution in [0.2, 0.25) is 0 Å². The van der Waals surface area contributed by atoms with E-state index < -0.39 is 0 Å². The summed E-state index contributed by atoms with van der Waals surface area (Å²) in [5.41, 5.74) is 4.09. The molecule has 2 aromatic carbocycles. The maximum Gasteiger partial charge on any atom is 0.226 e. The number of nitrogens with zero attached hydrogens (tertiary/aromatic N) is 3. The highest BCUT2D eigenvalue weighted by atomic mass is 32.1. The van der Waals surface area contributed by atoms with E-state index in [1.165, 1.54) is 0 Å². The monoisotopic (exact) mass is 455 g/mol. The van der Waals surface area contributed by atoms with Gasteiger partial charge in [-0.3, -0.25) is 9.48 Å². The Morgan fingerprint density at radius 1 is 1.06 bits per heavy atom. The van der Waals surface area contributed by atoms with Crippen molar-refractivity contribution in [1.82, 2.24) is 14.8 Å². The summed E-state index contributed by atoms with van der Waals surface area (Å²) in [5, 5.41) is 6.58. The molecule has 0 bridgehead atoms. The Kier molecular flexibility index (Phi) is 5.87. The summed E-state index contributed by atoms with van der Waals surface area (Å²) in [6.45, 7) is 2.78. The van der Waals surface area contributed by atoms with Crippen LogP contribution in [0.5, 0.6) is 5.75 Å². The van der Waals surface area contributed by atoms with Gasteiger partial charge in [-0.25, -0.2) is 4.98 Å². The average Bonchev–Trinajstić information content (AvgIpc) is 3.59. The minimum absolute atomic E-state index is 0.327. The normalized spacial score (nSPS) is 10.9. The third kappa shape index (κ3) is 4.63. The van der Waals surface area contributed by atoms with Gasteiger partial charge in [0.15, 0.2) is 6.29 Å². The number of carbonyl (C=O) groups is 1. The van der Waals surface area contributed by atoms with Crippen LogP contribution in [0.1, 0.15) is 27.4 Å². The number of ether oxygens (including phenoxy) is 1. The number of thiophene rings is 1. The molecule has 3 heterocycles. The Morgan fingerprint density at radius 2 is 1.88 bits per heavy atom. The van der Waals surface area contributed by atoms with Gasteiger partial charge in [0.1, 0.15) is 29.5 Å². The van der Waals surface area contributed by atoms with Crippen LogP contribution in [0.3, 0.4) is 0 Å². The molecule has 0 aliphatic rings. The van der Waals surface area contributed by atoms with Gasteiger partial charge in [-0.05, 0) is 48.2 Å². The van der Waals surface area contributed by atoms with Gasteiger partial charge in [0.2, 0.25) is 5.89 Å². The molecule has 164 valence electrons. The van der Waals surface area contributed by atoms with E-state index in [0.717, 1.165) is 45.2 Å². The van der Waals surface area contributed by atoms with Crippen molar-refractivity contribution in [1.29, 1.82) is 0 Å². The molecule has 0 N–H and O–H groups in total. The van der Waals surface area contributed by atoms with Crippen LogP contribution in [-0.4, -0.2) is 21.1 Å². The Labute approximate surface area is 195 Å². The van der Waals surface area contributed by atoms with Crippen molar-refractivity contribution in [2.75, 3.05) is 0 Å². The van der Waals surface area contributed by atoms with E-state index >= 15 is 0 Å². The maximum absolute atomic E-state index is 11.5. The maximum atomic E-state index is 11.5. The zero-order valence-corrected chi connectivity index (χ0v) is 18.8. The van der Waals surface area contributed by atoms with Crippen molar-refractivity contribution in [3.63, 3.8) is 0 Å². The molecule has 5 aromatic rings. The summed E-state index contributed by atoms with van der Waals surface area (Å²) < 4.78 is 13.5. The largest absolute Gasteiger partial charge is 0.487 e. The van der Waals surface area contributed by atoms with Gasteiger partial charge in [0.05, 0.1) is 17.0 Å². The minimum Gasteiger partial charge on any atom is -0.487 e. The quantitative estimate of drug-likeness (QED) is 0.268. The van der Waals surface area contributed by atoms with Gasteiger partial charge >= 0.3 is 0 Å². The molecule has 0 spiro atoms. The SMILES string of the molecule is Cc1oc(-c2ccccc2)nc1COc1ccc(Cn2cc(C=O)c(-c3cccs3)n2)cc1. The summed E-state index contributed by atoms with van der Waals surface area (Å²) in [5.74, 6) is 2.09. The molecule has 0 fully saturated rings. The van der Waals surface area contributed by atoms with Crippen LogP contribution >= 0.6 is 11.3 Å². The fourth-order valence-corrected chi connectivity index (χ4v) is 4.24. The first-order chi connectivity index (χ1) is 16.2. The van der Waals surface area contributed by atoms with E-state index in [1.54, 1.807) is 22.2 Å². The number of hydrogen-bond acceptors (Lipinski definition) is 6. The highest BCUT2D eigenvalue weighted by molar-refractivity contribution is 7.13. The van der Waals surface area contributed by atoms with E-state index in [2.05, 4.69) is 10.1 Å². The Balaban J connectivity index is 1.24.